The molecule has 3 N–H and O–H groups in total. The molecule has 0 spiro atoms. The van der Waals surface area contributed by atoms with Crippen LogP contribution < -0.4 is 15.4 Å². The van der Waals surface area contributed by atoms with Crippen molar-refractivity contribution in [2.75, 3.05) is 5.32 Å². The third-order valence-electron chi connectivity index (χ3n) is 3.05. The van der Waals surface area contributed by atoms with Gasteiger partial charge < -0.3 is 20.5 Å². The number of carbonyl (C=O) groups is 1. The molecule has 8 heteroatoms. The Kier molecular flexibility index (Phi) is 5.64. The Morgan fingerprint density at radius 2 is 1.79 bits per heavy atom. The monoisotopic (exact) mass is 340 g/mol. The first kappa shape index (κ1) is 17.6. The number of aliphatic hydroxyl groups excluding tert-OH is 1. The lowest BCUT2D eigenvalue weighted by atomic mass is 10.1. The van der Waals surface area contributed by atoms with Gasteiger partial charge in [-0.05, 0) is 23.3 Å². The predicted octanol–water partition coefficient (Wildman–Crippen LogP) is 3.40. The summed E-state index contributed by atoms with van der Waals surface area (Å²) >= 11 is 0. The molecule has 0 atom stereocenters. The van der Waals surface area contributed by atoms with Gasteiger partial charge in [0.25, 0.3) is 0 Å². The van der Waals surface area contributed by atoms with Crippen LogP contribution in [0, 0.1) is 0 Å². The zero-order valence-electron chi connectivity index (χ0n) is 12.4. The highest BCUT2D eigenvalue weighted by molar-refractivity contribution is 5.89. The minimum Gasteiger partial charge on any atom is -0.406 e. The quantitative estimate of drug-likeness (QED) is 0.781. The normalized spacial score (nSPS) is 11.0. The van der Waals surface area contributed by atoms with Gasteiger partial charge in [-0.3, -0.25) is 0 Å². The van der Waals surface area contributed by atoms with Crippen LogP contribution in [-0.4, -0.2) is 17.5 Å². The molecule has 0 aliphatic heterocycles. The van der Waals surface area contributed by atoms with Gasteiger partial charge in [0.05, 0.1) is 6.61 Å². The van der Waals surface area contributed by atoms with E-state index in [9.17, 15) is 23.1 Å². The second-order valence-electron chi connectivity index (χ2n) is 4.81. The van der Waals surface area contributed by atoms with Gasteiger partial charge in [-0.1, -0.05) is 30.3 Å². The number of ether oxygens (including phenoxy) is 1. The first-order valence-electron chi connectivity index (χ1n) is 6.95. The molecule has 0 aromatic heterocycles. The van der Waals surface area contributed by atoms with Gasteiger partial charge >= 0.3 is 12.4 Å². The maximum Gasteiger partial charge on any atom is 0.573 e. The van der Waals surface area contributed by atoms with Crippen LogP contribution in [0.1, 0.15) is 11.1 Å². The number of halogens is 3. The minimum absolute atomic E-state index is 0.156. The standard InChI is InChI=1S/C16H15F3N2O3/c17-16(18,19)24-14-7-3-6-13(8-14)21-15(23)20-9-11-4-1-2-5-12(11)10-22/h1-8,22H,9-10H2,(H2,20,21,23). The highest BCUT2D eigenvalue weighted by Gasteiger charge is 2.31. The summed E-state index contributed by atoms with van der Waals surface area (Å²) in [6.45, 7) is 0.0115. The topological polar surface area (TPSA) is 70.6 Å². The van der Waals surface area contributed by atoms with E-state index < -0.39 is 18.1 Å². The molecule has 128 valence electrons. The van der Waals surface area contributed by atoms with E-state index in [1.807, 2.05) is 0 Å². The number of anilines is 1. The number of nitrogens with one attached hydrogen (secondary N) is 2. The number of hydrogen-bond donors (Lipinski definition) is 3. The lowest BCUT2D eigenvalue weighted by Crippen LogP contribution is -2.28. The number of carbonyl (C=O) groups excluding carboxylic acids is 1. The second kappa shape index (κ2) is 7.69. The second-order valence-corrected chi connectivity index (χ2v) is 4.81. The summed E-state index contributed by atoms with van der Waals surface area (Å²) in [4.78, 5) is 11.8. The molecule has 0 aliphatic carbocycles. The molecule has 2 amide bonds. The van der Waals surface area contributed by atoms with Crippen LogP contribution in [0.4, 0.5) is 23.7 Å². The number of amides is 2. The van der Waals surface area contributed by atoms with Gasteiger partial charge in [-0.25, -0.2) is 4.79 Å². The molecular weight excluding hydrogens is 325 g/mol. The van der Waals surface area contributed by atoms with E-state index in [1.54, 1.807) is 24.3 Å². The van der Waals surface area contributed by atoms with Crippen molar-refractivity contribution in [2.24, 2.45) is 0 Å². The van der Waals surface area contributed by atoms with Crippen LogP contribution in [0.3, 0.4) is 0 Å². The van der Waals surface area contributed by atoms with Gasteiger partial charge in [0.1, 0.15) is 5.75 Å². The van der Waals surface area contributed by atoms with Crippen LogP contribution >= 0.6 is 0 Å². The van der Waals surface area contributed by atoms with Gasteiger partial charge in [0.2, 0.25) is 0 Å². The van der Waals surface area contributed by atoms with E-state index in [4.69, 9.17) is 0 Å². The average Bonchev–Trinajstić information content (AvgIpc) is 2.52. The zero-order chi connectivity index (χ0) is 17.6. The summed E-state index contributed by atoms with van der Waals surface area (Å²) < 4.78 is 40.3. The number of hydrogen-bond acceptors (Lipinski definition) is 3. The SMILES string of the molecule is O=C(NCc1ccccc1CO)Nc1cccc(OC(F)(F)F)c1. The maximum atomic E-state index is 12.2. The molecule has 0 radical (unpaired) electrons. The molecule has 0 bridgehead atoms. The first-order chi connectivity index (χ1) is 11.4. The molecule has 2 rings (SSSR count). The molecule has 2 aromatic rings. The van der Waals surface area contributed by atoms with Crippen molar-refractivity contribution in [2.45, 2.75) is 19.5 Å². The highest BCUT2D eigenvalue weighted by atomic mass is 19.4. The first-order valence-corrected chi connectivity index (χ1v) is 6.95. The number of benzene rings is 2. The minimum atomic E-state index is -4.80. The van der Waals surface area contributed by atoms with Gasteiger partial charge in [0, 0.05) is 18.3 Å². The molecule has 0 heterocycles. The fourth-order valence-electron chi connectivity index (χ4n) is 2.01. The average molecular weight is 340 g/mol. The Labute approximate surface area is 136 Å². The fourth-order valence-corrected chi connectivity index (χ4v) is 2.01. The van der Waals surface area contributed by atoms with Crippen LogP contribution in [-0.2, 0) is 13.2 Å². The summed E-state index contributed by atoms with van der Waals surface area (Å²) in [5.74, 6) is -0.425. The Morgan fingerprint density at radius 1 is 1.08 bits per heavy atom. The highest BCUT2D eigenvalue weighted by Crippen LogP contribution is 2.24. The van der Waals surface area contributed by atoms with Crippen molar-refractivity contribution in [3.63, 3.8) is 0 Å². The number of aliphatic hydroxyl groups is 1. The Balaban J connectivity index is 1.94. The third kappa shape index (κ3) is 5.47. The van der Waals surface area contributed by atoms with Crippen molar-refractivity contribution in [1.82, 2.24) is 5.32 Å². The fraction of sp³-hybridized carbons (Fsp3) is 0.188. The van der Waals surface area contributed by atoms with Crippen LogP contribution in [0.15, 0.2) is 48.5 Å². The summed E-state index contributed by atoms with van der Waals surface area (Å²) in [5.41, 5.74) is 1.58. The summed E-state index contributed by atoms with van der Waals surface area (Å²) in [5, 5.41) is 14.2. The van der Waals surface area contributed by atoms with Crippen LogP contribution in [0.2, 0.25) is 0 Å². The summed E-state index contributed by atoms with van der Waals surface area (Å²) in [7, 11) is 0. The van der Waals surface area contributed by atoms with E-state index >= 15 is 0 Å². The van der Waals surface area contributed by atoms with Crippen molar-refractivity contribution >= 4 is 11.7 Å². The molecular formula is C16H15F3N2O3. The molecule has 0 saturated heterocycles. The van der Waals surface area contributed by atoms with E-state index in [2.05, 4.69) is 15.4 Å². The van der Waals surface area contributed by atoms with Gasteiger partial charge in [-0.15, -0.1) is 13.2 Å². The maximum absolute atomic E-state index is 12.2. The lowest BCUT2D eigenvalue weighted by molar-refractivity contribution is -0.274. The molecule has 5 nitrogen and oxygen atoms in total. The number of alkyl halides is 3. The van der Waals surface area contributed by atoms with E-state index in [-0.39, 0.29) is 18.8 Å². The number of urea groups is 1. The third-order valence-corrected chi connectivity index (χ3v) is 3.05. The van der Waals surface area contributed by atoms with E-state index in [1.165, 1.54) is 12.1 Å². The Morgan fingerprint density at radius 3 is 2.46 bits per heavy atom. The Bertz CT molecular complexity index is 705. The van der Waals surface area contributed by atoms with E-state index in [0.29, 0.717) is 5.56 Å². The van der Waals surface area contributed by atoms with E-state index in [0.717, 1.165) is 17.7 Å². The number of rotatable bonds is 5. The zero-order valence-corrected chi connectivity index (χ0v) is 12.4. The largest absolute Gasteiger partial charge is 0.573 e. The van der Waals surface area contributed by atoms with Crippen LogP contribution in [0.5, 0.6) is 5.75 Å². The summed E-state index contributed by atoms with van der Waals surface area (Å²) in [6.07, 6.45) is -4.80. The van der Waals surface area contributed by atoms with Gasteiger partial charge in [-0.2, -0.15) is 0 Å². The molecule has 0 saturated carbocycles. The van der Waals surface area contributed by atoms with Gasteiger partial charge in [0.15, 0.2) is 0 Å². The Hall–Kier alpha value is -2.74. The predicted molar refractivity (Wildman–Crippen MR) is 81.3 cm³/mol. The smallest absolute Gasteiger partial charge is 0.406 e. The molecule has 24 heavy (non-hydrogen) atoms. The van der Waals surface area contributed by atoms with Crippen molar-refractivity contribution in [3.05, 3.63) is 59.7 Å². The molecule has 0 unspecified atom stereocenters. The molecule has 0 aliphatic rings. The lowest BCUT2D eigenvalue weighted by Gasteiger charge is -2.12. The summed E-state index contributed by atoms with van der Waals surface area (Å²) in [6, 6.07) is 11.4. The molecule has 0 fully saturated rings. The van der Waals surface area contributed by atoms with Crippen molar-refractivity contribution < 1.29 is 27.8 Å². The van der Waals surface area contributed by atoms with Crippen molar-refractivity contribution in [3.8, 4) is 5.75 Å². The van der Waals surface area contributed by atoms with Crippen LogP contribution in [0.25, 0.3) is 0 Å². The molecule has 2 aromatic carbocycles. The van der Waals surface area contributed by atoms with Crippen molar-refractivity contribution in [1.29, 1.82) is 0 Å².